The average Bonchev–Trinajstić information content (AvgIpc) is 2.54. The van der Waals surface area contributed by atoms with E-state index >= 15 is 0 Å². The second-order valence-corrected chi connectivity index (χ2v) is 5.18. The Kier molecular flexibility index (Phi) is 5.27. The Bertz CT molecular complexity index is 715. The first-order valence-corrected chi connectivity index (χ1v) is 7.10. The number of esters is 1. The minimum Gasteiger partial charge on any atom is -0.496 e. The second kappa shape index (κ2) is 7.17. The van der Waals surface area contributed by atoms with Gasteiger partial charge in [0, 0.05) is 4.47 Å². The van der Waals surface area contributed by atoms with Gasteiger partial charge in [-0.3, -0.25) is 4.79 Å². The van der Waals surface area contributed by atoms with Gasteiger partial charge in [0.2, 0.25) is 5.78 Å². The van der Waals surface area contributed by atoms with Gasteiger partial charge in [0.1, 0.15) is 11.6 Å². The summed E-state index contributed by atoms with van der Waals surface area (Å²) >= 11 is 3.13. The highest BCUT2D eigenvalue weighted by Gasteiger charge is 2.17. The number of methoxy groups -OCH3 is 1. The molecule has 0 amide bonds. The van der Waals surface area contributed by atoms with Gasteiger partial charge in [0.05, 0.1) is 18.2 Å². The SMILES string of the molecule is COc1ccccc1C(=O)COC(=O)c1cc(F)ccc1Br. The predicted octanol–water partition coefficient (Wildman–Crippen LogP) is 3.64. The Morgan fingerprint density at radius 1 is 1.14 bits per heavy atom. The summed E-state index contributed by atoms with van der Waals surface area (Å²) in [6.45, 7) is -0.456. The number of ketones is 1. The van der Waals surface area contributed by atoms with Crippen LogP contribution in [0.1, 0.15) is 20.7 Å². The smallest absolute Gasteiger partial charge is 0.339 e. The minimum absolute atomic E-state index is 0.0211. The van der Waals surface area contributed by atoms with Crippen molar-refractivity contribution in [1.82, 2.24) is 0 Å². The number of halogens is 2. The summed E-state index contributed by atoms with van der Waals surface area (Å²) in [4.78, 5) is 24.0. The maximum Gasteiger partial charge on any atom is 0.339 e. The summed E-state index contributed by atoms with van der Waals surface area (Å²) in [5.41, 5.74) is 0.337. The van der Waals surface area contributed by atoms with Gasteiger partial charge in [-0.05, 0) is 46.3 Å². The van der Waals surface area contributed by atoms with Crippen LogP contribution in [0.3, 0.4) is 0 Å². The zero-order chi connectivity index (χ0) is 16.1. The highest BCUT2D eigenvalue weighted by molar-refractivity contribution is 9.10. The maximum atomic E-state index is 13.2. The highest BCUT2D eigenvalue weighted by Crippen LogP contribution is 2.20. The molecule has 0 aromatic heterocycles. The van der Waals surface area contributed by atoms with Gasteiger partial charge < -0.3 is 9.47 Å². The lowest BCUT2D eigenvalue weighted by molar-refractivity contribution is 0.0472. The predicted molar refractivity (Wildman–Crippen MR) is 81.7 cm³/mol. The number of carbonyl (C=O) groups is 2. The van der Waals surface area contributed by atoms with Crippen LogP contribution in [0.2, 0.25) is 0 Å². The number of Topliss-reactive ketones (excluding diaryl/α,β-unsaturated/α-hetero) is 1. The standard InChI is InChI=1S/C16H12BrFO4/c1-21-15-5-3-2-4-11(15)14(19)9-22-16(20)12-8-10(18)6-7-13(12)17/h2-8H,9H2,1H3. The second-order valence-electron chi connectivity index (χ2n) is 4.32. The molecule has 0 atom stereocenters. The van der Waals surface area contributed by atoms with Crippen LogP contribution in [0.4, 0.5) is 4.39 Å². The topological polar surface area (TPSA) is 52.6 Å². The fraction of sp³-hybridized carbons (Fsp3) is 0.125. The highest BCUT2D eigenvalue weighted by atomic mass is 79.9. The van der Waals surface area contributed by atoms with Crippen molar-refractivity contribution < 1.29 is 23.5 Å². The van der Waals surface area contributed by atoms with E-state index in [2.05, 4.69) is 15.9 Å². The van der Waals surface area contributed by atoms with Crippen molar-refractivity contribution in [2.24, 2.45) is 0 Å². The van der Waals surface area contributed by atoms with Crippen LogP contribution in [0.5, 0.6) is 5.75 Å². The number of rotatable bonds is 5. The van der Waals surface area contributed by atoms with Gasteiger partial charge in [0.25, 0.3) is 0 Å². The summed E-state index contributed by atoms with van der Waals surface area (Å²) in [7, 11) is 1.45. The molecule has 0 aliphatic carbocycles. The first-order chi connectivity index (χ1) is 10.5. The van der Waals surface area contributed by atoms with Crippen LogP contribution in [0.15, 0.2) is 46.9 Å². The summed E-state index contributed by atoms with van der Waals surface area (Å²) in [6.07, 6.45) is 0. The summed E-state index contributed by atoms with van der Waals surface area (Å²) in [6, 6.07) is 10.3. The van der Waals surface area contributed by atoms with E-state index in [0.717, 1.165) is 6.07 Å². The summed E-state index contributed by atoms with van der Waals surface area (Å²) in [5.74, 6) is -1.35. The molecule has 6 heteroatoms. The Labute approximate surface area is 135 Å². The molecule has 0 heterocycles. The van der Waals surface area contributed by atoms with Crippen molar-refractivity contribution in [3.63, 3.8) is 0 Å². The number of benzene rings is 2. The maximum absolute atomic E-state index is 13.2. The molecule has 0 spiro atoms. The van der Waals surface area contributed by atoms with E-state index < -0.39 is 24.2 Å². The molecule has 0 saturated heterocycles. The number of carbonyl (C=O) groups excluding carboxylic acids is 2. The fourth-order valence-electron chi connectivity index (χ4n) is 1.82. The van der Waals surface area contributed by atoms with Gasteiger partial charge in [-0.15, -0.1) is 0 Å². The lowest BCUT2D eigenvalue weighted by Gasteiger charge is -2.08. The third-order valence-electron chi connectivity index (χ3n) is 2.89. The van der Waals surface area contributed by atoms with Crippen molar-refractivity contribution in [1.29, 1.82) is 0 Å². The summed E-state index contributed by atoms with van der Waals surface area (Å²) < 4.78 is 23.6. The van der Waals surface area contributed by atoms with Crippen molar-refractivity contribution in [2.45, 2.75) is 0 Å². The molecule has 2 rings (SSSR count). The van der Waals surface area contributed by atoms with Crippen molar-refractivity contribution in [3.8, 4) is 5.75 Å². The van der Waals surface area contributed by atoms with Gasteiger partial charge in [-0.2, -0.15) is 0 Å². The number of para-hydroxylation sites is 1. The lowest BCUT2D eigenvalue weighted by Crippen LogP contribution is -2.15. The molecule has 0 unspecified atom stereocenters. The zero-order valence-electron chi connectivity index (χ0n) is 11.6. The molecule has 0 aliphatic heterocycles. The quantitative estimate of drug-likeness (QED) is 0.598. The van der Waals surface area contributed by atoms with E-state index in [-0.39, 0.29) is 5.56 Å². The van der Waals surface area contributed by atoms with E-state index in [4.69, 9.17) is 9.47 Å². The molecule has 0 N–H and O–H groups in total. The molecule has 0 saturated carbocycles. The third kappa shape index (κ3) is 3.71. The van der Waals surface area contributed by atoms with Crippen LogP contribution >= 0.6 is 15.9 Å². The molecule has 0 bridgehead atoms. The first-order valence-electron chi connectivity index (χ1n) is 6.31. The lowest BCUT2D eigenvalue weighted by atomic mass is 10.1. The molecular weight excluding hydrogens is 355 g/mol. The largest absolute Gasteiger partial charge is 0.496 e. The monoisotopic (exact) mass is 366 g/mol. The van der Waals surface area contributed by atoms with Crippen molar-refractivity contribution in [3.05, 3.63) is 63.9 Å². The molecule has 0 fully saturated rings. The van der Waals surface area contributed by atoms with E-state index in [1.807, 2.05) is 0 Å². The third-order valence-corrected chi connectivity index (χ3v) is 3.58. The van der Waals surface area contributed by atoms with Crippen LogP contribution in [0.25, 0.3) is 0 Å². The Balaban J connectivity index is 2.08. The number of ether oxygens (including phenoxy) is 2. The van der Waals surface area contributed by atoms with E-state index in [1.54, 1.807) is 24.3 Å². The summed E-state index contributed by atoms with van der Waals surface area (Å²) in [5, 5.41) is 0. The zero-order valence-corrected chi connectivity index (χ0v) is 13.2. The molecule has 2 aromatic rings. The van der Waals surface area contributed by atoms with Gasteiger partial charge in [0.15, 0.2) is 6.61 Å². The van der Waals surface area contributed by atoms with Gasteiger partial charge in [-0.25, -0.2) is 9.18 Å². The molecular formula is C16H12BrFO4. The fourth-order valence-corrected chi connectivity index (χ4v) is 2.22. The average molecular weight is 367 g/mol. The van der Waals surface area contributed by atoms with E-state index in [1.165, 1.54) is 19.2 Å². The van der Waals surface area contributed by atoms with Gasteiger partial charge >= 0.3 is 5.97 Å². The molecule has 114 valence electrons. The van der Waals surface area contributed by atoms with Crippen LogP contribution in [0, 0.1) is 5.82 Å². The number of hydrogen-bond acceptors (Lipinski definition) is 4. The Hall–Kier alpha value is -2.21. The molecule has 2 aromatic carbocycles. The molecule has 4 nitrogen and oxygen atoms in total. The molecule has 0 radical (unpaired) electrons. The first kappa shape index (κ1) is 16.2. The normalized spacial score (nSPS) is 10.1. The van der Waals surface area contributed by atoms with Crippen LogP contribution in [-0.4, -0.2) is 25.5 Å². The van der Waals surface area contributed by atoms with Crippen molar-refractivity contribution in [2.75, 3.05) is 13.7 Å². The van der Waals surface area contributed by atoms with Crippen molar-refractivity contribution >= 4 is 27.7 Å². The van der Waals surface area contributed by atoms with E-state index in [0.29, 0.717) is 15.8 Å². The molecule has 0 aliphatic rings. The number of hydrogen-bond donors (Lipinski definition) is 0. The Morgan fingerprint density at radius 2 is 1.86 bits per heavy atom. The minimum atomic E-state index is -0.783. The van der Waals surface area contributed by atoms with Crippen LogP contribution in [-0.2, 0) is 4.74 Å². The van der Waals surface area contributed by atoms with Crippen LogP contribution < -0.4 is 4.74 Å². The molecule has 22 heavy (non-hydrogen) atoms. The van der Waals surface area contributed by atoms with E-state index in [9.17, 15) is 14.0 Å². The Morgan fingerprint density at radius 3 is 2.59 bits per heavy atom. The van der Waals surface area contributed by atoms with Gasteiger partial charge in [-0.1, -0.05) is 12.1 Å².